The number of nitrogens with zero attached hydrogens (tertiary/aromatic N) is 4. The molecule has 2 N–H and O–H groups in total. The van der Waals surface area contributed by atoms with Gasteiger partial charge in [-0.3, -0.25) is 28.1 Å². The molecule has 1 amide bonds. The van der Waals surface area contributed by atoms with Crippen LogP contribution in [0.2, 0.25) is 0 Å². The molecule has 12 nitrogen and oxygen atoms in total. The third-order valence-electron chi connectivity index (χ3n) is 6.87. The van der Waals surface area contributed by atoms with Crippen LogP contribution in [0.3, 0.4) is 0 Å². The summed E-state index contributed by atoms with van der Waals surface area (Å²) in [5.74, 6) is -1.47. The van der Waals surface area contributed by atoms with Crippen LogP contribution in [0.1, 0.15) is 36.7 Å². The van der Waals surface area contributed by atoms with Crippen LogP contribution in [-0.2, 0) is 41.6 Å². The molecule has 1 atom stereocenters. The number of amides is 1. The zero-order valence-electron chi connectivity index (χ0n) is 24.5. The number of carbonyl (C=O) groups excluding carboxylic acids is 2. The molecule has 236 valence electrons. The van der Waals surface area contributed by atoms with Crippen molar-refractivity contribution >= 4 is 34.3 Å². The minimum Gasteiger partial charge on any atom is -0.444 e. The second-order valence-corrected chi connectivity index (χ2v) is 10.9. The van der Waals surface area contributed by atoms with E-state index in [2.05, 4.69) is 9.73 Å². The maximum absolute atomic E-state index is 13.2. The summed E-state index contributed by atoms with van der Waals surface area (Å²) in [6.45, 7) is 4.47. The van der Waals surface area contributed by atoms with Gasteiger partial charge in [0.25, 0.3) is 11.5 Å². The van der Waals surface area contributed by atoms with Gasteiger partial charge in [0.15, 0.2) is 11.5 Å². The standard InChI is InChI=1S/C28H30F3N5O7S/c1-6-7-18(32)25(39)41-13-36-19(16-8-9-20(14(2)10-16)43-28(29,30)31)12-44-26(36)33-21(37)11-17-15(3)42-24-22(17)23(38)34(4)27(40)35(24)5/h8-10,12,18H,6-7,11,13,32H2,1-5H3/t18-/m0/s1. The molecule has 44 heavy (non-hydrogen) atoms. The predicted molar refractivity (Wildman–Crippen MR) is 154 cm³/mol. The zero-order chi connectivity index (χ0) is 32.5. The van der Waals surface area contributed by atoms with Crippen molar-refractivity contribution in [1.82, 2.24) is 13.7 Å². The number of esters is 1. The Hall–Kier alpha value is -4.44. The lowest BCUT2D eigenvalue weighted by Crippen LogP contribution is -2.36. The van der Waals surface area contributed by atoms with Gasteiger partial charge in [0.1, 0.15) is 22.9 Å². The maximum atomic E-state index is 13.2. The van der Waals surface area contributed by atoms with E-state index in [0.717, 1.165) is 22.0 Å². The van der Waals surface area contributed by atoms with Crippen LogP contribution >= 0.6 is 11.3 Å². The van der Waals surface area contributed by atoms with Crippen LogP contribution < -0.4 is 26.5 Å². The van der Waals surface area contributed by atoms with Crippen molar-refractivity contribution in [2.75, 3.05) is 0 Å². The number of ether oxygens (including phenoxy) is 2. The van der Waals surface area contributed by atoms with Crippen LogP contribution in [0.4, 0.5) is 13.2 Å². The lowest BCUT2D eigenvalue weighted by molar-refractivity contribution is -0.274. The largest absolute Gasteiger partial charge is 0.573 e. The zero-order valence-corrected chi connectivity index (χ0v) is 25.3. The van der Waals surface area contributed by atoms with Crippen molar-refractivity contribution in [3.8, 4) is 17.0 Å². The van der Waals surface area contributed by atoms with E-state index in [0.29, 0.717) is 24.1 Å². The fraction of sp³-hybridized carbons (Fsp3) is 0.393. The highest BCUT2D eigenvalue weighted by Crippen LogP contribution is 2.30. The van der Waals surface area contributed by atoms with Crippen LogP contribution in [-0.4, -0.2) is 38.0 Å². The first kappa shape index (κ1) is 32.5. The monoisotopic (exact) mass is 637 g/mol. The molecule has 0 aliphatic carbocycles. The predicted octanol–water partition coefficient (Wildman–Crippen LogP) is 3.17. The third kappa shape index (κ3) is 6.70. The number of hydrogen-bond donors (Lipinski definition) is 1. The Morgan fingerprint density at radius 3 is 2.50 bits per heavy atom. The molecular formula is C28H30F3N5O7S. The number of fused-ring (bicyclic) bond motifs is 1. The molecule has 0 fully saturated rings. The molecule has 0 bridgehead atoms. The summed E-state index contributed by atoms with van der Waals surface area (Å²) in [6, 6.07) is 3.13. The van der Waals surface area contributed by atoms with Gasteiger partial charge in [-0.2, -0.15) is 4.99 Å². The normalized spacial score (nSPS) is 13.0. The van der Waals surface area contributed by atoms with E-state index >= 15 is 0 Å². The molecule has 1 aromatic carbocycles. The second-order valence-electron chi connectivity index (χ2n) is 10.1. The summed E-state index contributed by atoms with van der Waals surface area (Å²) in [7, 11) is 2.76. The lowest BCUT2D eigenvalue weighted by atomic mass is 10.1. The number of aryl methyl sites for hydroxylation is 3. The van der Waals surface area contributed by atoms with E-state index in [9.17, 15) is 32.3 Å². The van der Waals surface area contributed by atoms with Gasteiger partial charge in [-0.25, -0.2) is 4.79 Å². The number of aromatic nitrogens is 3. The van der Waals surface area contributed by atoms with Crippen LogP contribution in [0.25, 0.3) is 22.4 Å². The molecule has 0 radical (unpaired) electrons. The van der Waals surface area contributed by atoms with E-state index in [1.54, 1.807) is 12.3 Å². The van der Waals surface area contributed by atoms with Gasteiger partial charge in [0, 0.05) is 25.0 Å². The molecule has 0 spiro atoms. The Morgan fingerprint density at radius 1 is 1.16 bits per heavy atom. The molecule has 4 rings (SSSR count). The van der Waals surface area contributed by atoms with Crippen molar-refractivity contribution < 1.29 is 36.7 Å². The van der Waals surface area contributed by atoms with Crippen molar-refractivity contribution in [3.05, 3.63) is 66.1 Å². The fourth-order valence-electron chi connectivity index (χ4n) is 4.58. The summed E-state index contributed by atoms with van der Waals surface area (Å²) in [6.07, 6.45) is -4.18. The van der Waals surface area contributed by atoms with Gasteiger partial charge in [0.2, 0.25) is 5.71 Å². The Balaban J connectivity index is 1.75. The Bertz CT molecular complexity index is 1930. The molecule has 16 heteroatoms. The highest BCUT2D eigenvalue weighted by atomic mass is 32.1. The van der Waals surface area contributed by atoms with E-state index in [4.69, 9.17) is 14.9 Å². The van der Waals surface area contributed by atoms with Gasteiger partial charge in [0.05, 0.1) is 12.1 Å². The van der Waals surface area contributed by atoms with Gasteiger partial charge in [-0.15, -0.1) is 24.5 Å². The van der Waals surface area contributed by atoms with E-state index in [1.165, 1.54) is 42.3 Å². The van der Waals surface area contributed by atoms with Crippen molar-refractivity contribution in [2.45, 2.75) is 59.2 Å². The highest BCUT2D eigenvalue weighted by molar-refractivity contribution is 7.07. The number of hydrogen-bond acceptors (Lipinski definition) is 9. The van der Waals surface area contributed by atoms with Gasteiger partial charge >= 0.3 is 18.0 Å². The summed E-state index contributed by atoms with van der Waals surface area (Å²) < 4.78 is 57.0. The first-order chi connectivity index (χ1) is 20.6. The number of nitrogens with two attached hydrogens (primary N) is 1. The molecule has 0 aliphatic heterocycles. The van der Waals surface area contributed by atoms with Crippen LogP contribution in [0.5, 0.6) is 5.75 Å². The average molecular weight is 638 g/mol. The smallest absolute Gasteiger partial charge is 0.444 e. The van der Waals surface area contributed by atoms with Crippen LogP contribution in [0.15, 0.2) is 42.6 Å². The Morgan fingerprint density at radius 2 is 1.86 bits per heavy atom. The third-order valence-corrected chi connectivity index (χ3v) is 7.73. The highest BCUT2D eigenvalue weighted by Gasteiger charge is 2.32. The number of halogens is 3. The summed E-state index contributed by atoms with van der Waals surface area (Å²) >= 11 is 1.03. The maximum Gasteiger partial charge on any atom is 0.573 e. The van der Waals surface area contributed by atoms with Gasteiger partial charge in [-0.05, 0) is 49.6 Å². The molecule has 3 heterocycles. The molecule has 0 aliphatic rings. The minimum atomic E-state index is -4.87. The first-order valence-electron chi connectivity index (χ1n) is 13.4. The number of thiazole rings is 1. The quantitative estimate of drug-likeness (QED) is 0.275. The number of rotatable bonds is 9. The Kier molecular flexibility index (Phi) is 9.34. The van der Waals surface area contributed by atoms with Gasteiger partial charge < -0.3 is 19.6 Å². The van der Waals surface area contributed by atoms with E-state index in [1.807, 2.05) is 6.92 Å². The molecule has 0 unspecified atom stereocenters. The summed E-state index contributed by atoms with van der Waals surface area (Å²) in [5.41, 5.74) is 5.98. The van der Waals surface area contributed by atoms with Crippen LogP contribution in [0, 0.1) is 13.8 Å². The number of alkyl halides is 3. The van der Waals surface area contributed by atoms with Crippen molar-refractivity contribution in [1.29, 1.82) is 0 Å². The number of carbonyl (C=O) groups is 2. The fourth-order valence-corrected chi connectivity index (χ4v) is 5.50. The second kappa shape index (κ2) is 12.7. The lowest BCUT2D eigenvalue weighted by Gasteiger charge is -2.15. The SMILES string of the molecule is CCC[C@H](N)C(=O)OCn1c(-c2ccc(OC(F)(F)F)c(C)c2)csc1=NC(=O)Cc1c(C)oc2c1c(=O)n(C)c(=O)n2C. The number of furan rings is 1. The minimum absolute atomic E-state index is 0.0236. The summed E-state index contributed by atoms with van der Waals surface area (Å²) in [4.78, 5) is 55.2. The molecular weight excluding hydrogens is 607 g/mol. The Labute approximate surface area is 251 Å². The van der Waals surface area contributed by atoms with E-state index in [-0.39, 0.29) is 45.0 Å². The van der Waals surface area contributed by atoms with Crippen molar-refractivity contribution in [3.63, 3.8) is 0 Å². The number of benzene rings is 1. The summed E-state index contributed by atoms with van der Waals surface area (Å²) in [5, 5.41) is 1.68. The first-order valence-corrected chi connectivity index (χ1v) is 14.2. The molecule has 4 aromatic rings. The van der Waals surface area contributed by atoms with Gasteiger partial charge in [-0.1, -0.05) is 13.3 Å². The molecule has 3 aromatic heterocycles. The van der Waals surface area contributed by atoms with E-state index < -0.39 is 42.3 Å². The van der Waals surface area contributed by atoms with Crippen molar-refractivity contribution in [2.24, 2.45) is 24.8 Å². The average Bonchev–Trinajstić information content (AvgIpc) is 3.50. The molecule has 0 saturated carbocycles. The topological polar surface area (TPSA) is 153 Å². The molecule has 0 saturated heterocycles.